The molecule has 1 unspecified atom stereocenters. The Morgan fingerprint density at radius 1 is 1.50 bits per heavy atom. The molecule has 0 fully saturated rings. The summed E-state index contributed by atoms with van der Waals surface area (Å²) < 4.78 is 16.0. The van der Waals surface area contributed by atoms with Crippen molar-refractivity contribution in [1.29, 1.82) is 0 Å². The molecule has 2 heterocycles. The first-order valence-electron chi connectivity index (χ1n) is 5.99. The number of nitrogens with two attached hydrogens (primary N) is 1. The molecule has 4 nitrogen and oxygen atoms in total. The van der Waals surface area contributed by atoms with Crippen LogP contribution < -0.4 is 11.3 Å². The van der Waals surface area contributed by atoms with Gasteiger partial charge in [-0.3, -0.25) is 15.7 Å². The molecule has 3 rings (SSSR count). The van der Waals surface area contributed by atoms with Gasteiger partial charge in [-0.2, -0.15) is 0 Å². The minimum absolute atomic E-state index is 0.179. The van der Waals surface area contributed by atoms with Crippen molar-refractivity contribution in [2.75, 3.05) is 0 Å². The number of nitrogens with zero attached hydrogens (tertiary/aromatic N) is 2. The minimum Gasteiger partial charge on any atom is -0.297 e. The highest BCUT2D eigenvalue weighted by Gasteiger charge is 2.14. The van der Waals surface area contributed by atoms with Gasteiger partial charge in [-0.1, -0.05) is 6.07 Å². The quantitative estimate of drug-likeness (QED) is 0.559. The zero-order chi connectivity index (χ0) is 14.1. The van der Waals surface area contributed by atoms with Crippen LogP contribution in [0.25, 0.3) is 4.96 Å². The van der Waals surface area contributed by atoms with E-state index in [1.165, 1.54) is 6.07 Å². The highest BCUT2D eigenvalue weighted by atomic mass is 79.9. The van der Waals surface area contributed by atoms with Crippen LogP contribution in [-0.2, 0) is 6.42 Å². The molecule has 104 valence electrons. The summed E-state index contributed by atoms with van der Waals surface area (Å²) in [4.78, 5) is 5.45. The SMILES string of the molecule is NNC(Cc1cn2ccsc2n1)c1ccc(Br)c(F)c1. The fourth-order valence-corrected chi connectivity index (χ4v) is 3.05. The summed E-state index contributed by atoms with van der Waals surface area (Å²) >= 11 is 4.72. The Kier molecular flexibility index (Phi) is 3.84. The summed E-state index contributed by atoms with van der Waals surface area (Å²) in [6.07, 6.45) is 4.53. The van der Waals surface area contributed by atoms with Crippen LogP contribution in [0.2, 0.25) is 0 Å². The third kappa shape index (κ3) is 2.62. The fourth-order valence-electron chi connectivity index (χ4n) is 2.09. The molecule has 0 amide bonds. The van der Waals surface area contributed by atoms with Crippen molar-refractivity contribution in [1.82, 2.24) is 14.8 Å². The van der Waals surface area contributed by atoms with E-state index in [1.54, 1.807) is 17.4 Å². The van der Waals surface area contributed by atoms with E-state index < -0.39 is 0 Å². The van der Waals surface area contributed by atoms with E-state index in [0.717, 1.165) is 16.2 Å². The van der Waals surface area contributed by atoms with Gasteiger partial charge in [0.1, 0.15) is 5.82 Å². The summed E-state index contributed by atoms with van der Waals surface area (Å²) in [6, 6.07) is 4.83. The molecule has 0 aliphatic carbocycles. The average Bonchev–Trinajstić information content (AvgIpc) is 3.00. The van der Waals surface area contributed by atoms with Gasteiger partial charge in [-0.15, -0.1) is 11.3 Å². The molecule has 3 N–H and O–H groups in total. The fraction of sp³-hybridized carbons (Fsp3) is 0.154. The topological polar surface area (TPSA) is 55.3 Å². The van der Waals surface area contributed by atoms with E-state index in [2.05, 4.69) is 26.3 Å². The molecule has 2 aromatic heterocycles. The second-order valence-corrected chi connectivity index (χ2v) is 6.15. The Hall–Kier alpha value is -1.28. The molecule has 1 aromatic carbocycles. The summed E-state index contributed by atoms with van der Waals surface area (Å²) in [7, 11) is 0. The zero-order valence-corrected chi connectivity index (χ0v) is 12.8. The van der Waals surface area contributed by atoms with Crippen molar-refractivity contribution in [3.63, 3.8) is 0 Å². The van der Waals surface area contributed by atoms with Crippen molar-refractivity contribution in [2.45, 2.75) is 12.5 Å². The monoisotopic (exact) mass is 354 g/mol. The summed E-state index contributed by atoms with van der Waals surface area (Å²) in [5.41, 5.74) is 4.44. The van der Waals surface area contributed by atoms with Gasteiger partial charge >= 0.3 is 0 Å². The van der Waals surface area contributed by atoms with E-state index in [4.69, 9.17) is 5.84 Å². The predicted molar refractivity (Wildman–Crippen MR) is 80.9 cm³/mol. The molecule has 0 saturated carbocycles. The lowest BCUT2D eigenvalue weighted by Crippen LogP contribution is -2.29. The maximum atomic E-state index is 13.6. The molecule has 7 heteroatoms. The van der Waals surface area contributed by atoms with Crippen molar-refractivity contribution >= 4 is 32.2 Å². The Morgan fingerprint density at radius 3 is 3.05 bits per heavy atom. The van der Waals surface area contributed by atoms with Crippen LogP contribution in [0.5, 0.6) is 0 Å². The number of imidazole rings is 1. The summed E-state index contributed by atoms with van der Waals surface area (Å²) in [5, 5.41) is 1.98. The summed E-state index contributed by atoms with van der Waals surface area (Å²) in [5.74, 6) is 5.30. The van der Waals surface area contributed by atoms with Crippen LogP contribution in [0.4, 0.5) is 4.39 Å². The number of rotatable bonds is 4. The Bertz CT molecular complexity index is 710. The molecule has 0 bridgehead atoms. The lowest BCUT2D eigenvalue weighted by molar-refractivity contribution is 0.539. The second kappa shape index (κ2) is 5.61. The maximum absolute atomic E-state index is 13.6. The molecule has 1 atom stereocenters. The third-order valence-corrected chi connectivity index (χ3v) is 4.52. The van der Waals surface area contributed by atoms with Crippen LogP contribution in [0, 0.1) is 5.82 Å². The van der Waals surface area contributed by atoms with Gasteiger partial charge in [0.2, 0.25) is 0 Å². The van der Waals surface area contributed by atoms with E-state index in [1.807, 2.05) is 28.2 Å². The van der Waals surface area contributed by atoms with Crippen molar-refractivity contribution < 1.29 is 4.39 Å². The molecule has 0 spiro atoms. The molecule has 0 radical (unpaired) electrons. The first-order chi connectivity index (χ1) is 9.67. The smallest absolute Gasteiger partial charge is 0.193 e. The normalized spacial score (nSPS) is 12.9. The number of hydrazine groups is 1. The second-order valence-electron chi connectivity index (χ2n) is 4.42. The number of thiazole rings is 1. The van der Waals surface area contributed by atoms with Gasteiger partial charge in [0.15, 0.2) is 4.96 Å². The molecular formula is C13H12BrFN4S. The maximum Gasteiger partial charge on any atom is 0.193 e. The lowest BCUT2D eigenvalue weighted by atomic mass is 10.0. The van der Waals surface area contributed by atoms with Gasteiger partial charge < -0.3 is 0 Å². The summed E-state index contributed by atoms with van der Waals surface area (Å²) in [6.45, 7) is 0. The highest BCUT2D eigenvalue weighted by Crippen LogP contribution is 2.23. The Balaban J connectivity index is 1.85. The van der Waals surface area contributed by atoms with Gasteiger partial charge in [-0.05, 0) is 33.6 Å². The molecule has 0 aliphatic heterocycles. The number of hydrogen-bond donors (Lipinski definition) is 2. The van der Waals surface area contributed by atoms with Crippen LogP contribution in [0.3, 0.4) is 0 Å². The van der Waals surface area contributed by atoms with Gasteiger partial charge in [0.05, 0.1) is 16.2 Å². The van der Waals surface area contributed by atoms with Crippen LogP contribution in [0.1, 0.15) is 17.3 Å². The van der Waals surface area contributed by atoms with E-state index in [0.29, 0.717) is 10.9 Å². The predicted octanol–water partition coefficient (Wildman–Crippen LogP) is 3.04. The van der Waals surface area contributed by atoms with Crippen LogP contribution >= 0.6 is 27.3 Å². The minimum atomic E-state index is -0.298. The Morgan fingerprint density at radius 2 is 2.35 bits per heavy atom. The van der Waals surface area contributed by atoms with E-state index in [9.17, 15) is 4.39 Å². The lowest BCUT2D eigenvalue weighted by Gasteiger charge is -2.15. The Labute approximate surface area is 127 Å². The number of benzene rings is 1. The average molecular weight is 355 g/mol. The number of hydrogen-bond acceptors (Lipinski definition) is 4. The first-order valence-corrected chi connectivity index (χ1v) is 7.67. The standard InChI is InChI=1S/C13H12BrFN4S/c14-10-2-1-8(5-11(10)15)12(18-16)6-9-7-19-3-4-20-13(19)17-9/h1-5,7,12,18H,6,16H2. The van der Waals surface area contributed by atoms with Crippen LogP contribution in [-0.4, -0.2) is 9.38 Å². The van der Waals surface area contributed by atoms with E-state index in [-0.39, 0.29) is 11.9 Å². The van der Waals surface area contributed by atoms with Crippen molar-refractivity contribution in [3.8, 4) is 0 Å². The molecular weight excluding hydrogens is 343 g/mol. The zero-order valence-electron chi connectivity index (χ0n) is 10.4. The highest BCUT2D eigenvalue weighted by molar-refractivity contribution is 9.10. The molecule has 0 saturated heterocycles. The van der Waals surface area contributed by atoms with Crippen molar-refractivity contribution in [3.05, 3.63) is 57.5 Å². The number of aromatic nitrogens is 2. The largest absolute Gasteiger partial charge is 0.297 e. The number of halogens is 2. The number of nitrogens with one attached hydrogen (secondary N) is 1. The number of fused-ring (bicyclic) bond motifs is 1. The molecule has 0 aliphatic rings. The van der Waals surface area contributed by atoms with Crippen LogP contribution in [0.15, 0.2) is 40.4 Å². The van der Waals surface area contributed by atoms with Gasteiger partial charge in [0, 0.05) is 24.2 Å². The molecule has 20 heavy (non-hydrogen) atoms. The molecule has 3 aromatic rings. The third-order valence-electron chi connectivity index (χ3n) is 3.10. The van der Waals surface area contributed by atoms with Gasteiger partial charge in [0.25, 0.3) is 0 Å². The van der Waals surface area contributed by atoms with E-state index >= 15 is 0 Å². The van der Waals surface area contributed by atoms with Crippen molar-refractivity contribution in [2.24, 2.45) is 5.84 Å². The first kappa shape index (κ1) is 13.7. The van der Waals surface area contributed by atoms with Gasteiger partial charge in [-0.25, -0.2) is 9.37 Å².